The molecule has 22 aliphatic rings. The average molecular weight is 2200 g/mol. The molecule has 150 heavy (non-hydrogen) atoms. The van der Waals surface area contributed by atoms with Gasteiger partial charge in [-0.05, 0) is 497 Å². The molecular formula is C133H240Cl5N6O6-3. The minimum absolute atomic E-state index is 0. The van der Waals surface area contributed by atoms with Gasteiger partial charge < -0.3 is 64.9 Å². The van der Waals surface area contributed by atoms with E-state index in [-0.39, 0.29) is 54.8 Å². The lowest BCUT2D eigenvalue weighted by atomic mass is 9.62. The number of rotatable bonds is 4. The van der Waals surface area contributed by atoms with Gasteiger partial charge in [-0.25, -0.2) is 0 Å². The van der Waals surface area contributed by atoms with Gasteiger partial charge in [0.25, 0.3) is 0 Å². The number of aliphatic carboxylic acids is 1. The Labute approximate surface area is 952 Å². The van der Waals surface area contributed by atoms with Gasteiger partial charge in [0.05, 0.1) is 30.2 Å². The Balaban J connectivity index is 0.000000222. The van der Waals surface area contributed by atoms with Crippen LogP contribution in [0.5, 0.6) is 0 Å². The van der Waals surface area contributed by atoms with Gasteiger partial charge in [0.1, 0.15) is 17.3 Å². The third-order valence-corrected chi connectivity index (χ3v) is 48.0. The number of hydrogen-bond acceptors (Lipinski definition) is 6. The maximum Gasteiger partial charge on any atom is 0.306 e. The number of Topliss-reactive ketones (excluding diaryl/α,β-unsaturated/α-hetero) is 3. The minimum atomic E-state index is -0.573. The number of carbonyl (C=O) groups is 4. The van der Waals surface area contributed by atoms with Crippen molar-refractivity contribution >= 4 is 58.1 Å². The van der Waals surface area contributed by atoms with Crippen molar-refractivity contribution in [3.8, 4) is 6.07 Å². The summed E-state index contributed by atoms with van der Waals surface area (Å²) < 4.78 is 0. The molecule has 22 aliphatic carbocycles. The van der Waals surface area contributed by atoms with E-state index < -0.39 is 5.97 Å². The van der Waals surface area contributed by atoms with Gasteiger partial charge in [-0.15, -0.1) is 34.8 Å². The lowest BCUT2D eigenvalue weighted by molar-refractivity contribution is -0.428. The van der Waals surface area contributed by atoms with Crippen molar-refractivity contribution in [2.24, 2.45) is 89.2 Å². The summed E-state index contributed by atoms with van der Waals surface area (Å²) in [6.45, 7) is 7.12. The van der Waals surface area contributed by atoms with E-state index in [4.69, 9.17) is 45.2 Å². The summed E-state index contributed by atoms with van der Waals surface area (Å²) in [5.74, 6) is 3.41. The molecule has 22 fully saturated rings. The number of halogens is 5. The fourth-order valence-corrected chi connectivity index (χ4v) is 36.5. The molecule has 12 nitrogen and oxygen atoms in total. The molecule has 17 heteroatoms. The van der Waals surface area contributed by atoms with Crippen LogP contribution in [0.15, 0.2) is 0 Å². The molecule has 0 aromatic rings. The van der Waals surface area contributed by atoms with E-state index >= 15 is 0 Å². The number of carboxylic acids is 1. The van der Waals surface area contributed by atoms with Crippen LogP contribution in [-0.4, -0.2) is 67.9 Å². The van der Waals surface area contributed by atoms with Crippen LogP contribution in [0.25, 0.3) is 18.5 Å². The van der Waals surface area contributed by atoms with Crippen LogP contribution in [-0.2, 0) is 19.2 Å². The van der Waals surface area contributed by atoms with Crippen molar-refractivity contribution in [3.63, 3.8) is 0 Å². The van der Waals surface area contributed by atoms with Crippen molar-refractivity contribution in [2.75, 3.05) is 6.54 Å². The van der Waals surface area contributed by atoms with E-state index in [0.29, 0.717) is 77.8 Å². The number of aliphatic hydroxyl groups is 1. The molecule has 14 N–H and O–H groups in total. The number of nitrogens with zero attached hydrogens (tertiary/aromatic N) is 1. The SMILES string of the molecule is CC(=O)C1CCC2(CCCCC2)CC1.CC(Cl)C1CCC2(CCCCC2)CC1.CC1(O)CCC2(CCCCC2)CC1.ClC1CCCC2(CCCCC2)CC1.ClC1CCCC2(CCCCC2)CC1.N#CC1CCC2(CCCCC2)CC1.O=C(O)C1CCC2(CCCCC2)CC1.O=C1CCCC2(CCCCC2)CC1.O=C1CCCC2(CCCCC2)CC1.[Cl-].[Cl-].[NH2-].[NH2-].[NH2-].[NH3+]C1CCC2(CCCCC2)CC1.[NH3+]CC1CCC2(CCCCC2)CC1. The van der Waals surface area contributed by atoms with Gasteiger partial charge in [-0.3, -0.25) is 19.2 Å². The van der Waals surface area contributed by atoms with Gasteiger partial charge in [0, 0.05) is 59.6 Å². The molecular weight excluding hydrogens is 1950 g/mol. The maximum atomic E-state index is 11.3. The predicted molar refractivity (Wildman–Crippen MR) is 629 cm³/mol. The van der Waals surface area contributed by atoms with Crippen LogP contribution in [0.3, 0.4) is 0 Å². The highest BCUT2D eigenvalue weighted by Crippen LogP contribution is 2.59. The fraction of sp³-hybridized carbons (Fsp3) is 0.962. The first-order valence-corrected chi connectivity index (χ1v) is 66.8. The summed E-state index contributed by atoms with van der Waals surface area (Å²) in [6, 6.07) is 3.20. The Morgan fingerprint density at radius 3 is 0.787 bits per heavy atom. The Kier molecular flexibility index (Phi) is 62.9. The van der Waals surface area contributed by atoms with Crippen molar-refractivity contribution in [2.45, 2.75) is 710 Å². The van der Waals surface area contributed by atoms with E-state index in [2.05, 4.69) is 24.5 Å². The zero-order valence-corrected chi connectivity index (χ0v) is 102. The predicted octanol–water partition coefficient (Wildman–Crippen LogP) is 35.2. The average Bonchev–Trinajstić information content (AvgIpc) is 0.987. The monoisotopic (exact) mass is 2190 g/mol. The number of carbonyl (C=O) groups excluding carboxylic acids is 3. The van der Waals surface area contributed by atoms with Gasteiger partial charge in [-0.2, -0.15) is 5.26 Å². The molecule has 22 saturated carbocycles. The Morgan fingerprint density at radius 2 is 0.527 bits per heavy atom. The number of hydrogen-bond donors (Lipinski definition) is 4. The first-order chi connectivity index (χ1) is 70.0. The zero-order valence-electron chi connectivity index (χ0n) is 98.2. The molecule has 22 rings (SSSR count). The second kappa shape index (κ2) is 69.3. The summed E-state index contributed by atoms with van der Waals surface area (Å²) in [7, 11) is 0. The molecule has 0 aromatic carbocycles. The highest BCUT2D eigenvalue weighted by atomic mass is 35.5. The quantitative estimate of drug-likeness (QED) is 0.197. The van der Waals surface area contributed by atoms with E-state index in [1.165, 1.54) is 617 Å². The number of carboxylic acid groups (broad SMARTS) is 1. The second-order valence-corrected chi connectivity index (χ2v) is 59.0. The number of nitrogens with two attached hydrogens (primary N) is 3. The van der Waals surface area contributed by atoms with E-state index in [9.17, 15) is 24.3 Å². The standard InChI is InChI=1S/C13H23Cl.C13H22O.2C12H21Cl.C12H23N.C12H19N.C12H20O2.C12H22O.2C12H20O.C11H21N.2ClH.3H2N/c2*1-11(14)12-5-9-13(10-6-12)7-3-2-4-8-13;2*13-11-5-4-9-12(10-6-11)7-2-1-3-8-12;2*13-10-11-4-8-12(9-5-11)6-2-1-3-7-12;13-11(14)10-4-8-12(9-5-10)6-2-1-3-7-12;1-11(13)7-9-12(10-8-11)5-3-2-4-6-12;2*13-11-5-4-9-12(10-6-11)7-2-1-3-8-12;12-10-4-8-11(9-5-10)6-2-1-3-7-11;;;;;/h11-12H,2-10H2,1H3;12H,2-10H2,1H3;2*11H,1-10H2;11H,1-10,13H2;11H,1-9H2;10H,1-9H2,(H,13,14);13H,2-10H2,1H3;2*1-10H2;10H,1-9,12H2;2*1H;3*1H2/q;;;;;;;;;;;;;3*-1. The van der Waals surface area contributed by atoms with Crippen molar-refractivity contribution in [3.05, 3.63) is 18.5 Å². The van der Waals surface area contributed by atoms with Crippen molar-refractivity contribution < 1.29 is 65.7 Å². The molecule has 3 atom stereocenters. The maximum absolute atomic E-state index is 11.3. The number of ketones is 3. The molecule has 3 unspecified atom stereocenters. The summed E-state index contributed by atoms with van der Waals surface area (Å²) in [6.07, 6.45) is 141. The van der Waals surface area contributed by atoms with Crippen LogP contribution in [0, 0.1) is 100 Å². The summed E-state index contributed by atoms with van der Waals surface area (Å²) in [4.78, 5) is 44.7. The smallest absolute Gasteiger partial charge is 0.306 e. The number of alkyl halides is 3. The number of nitriles is 1. The fourth-order valence-electron chi connectivity index (χ4n) is 35.7. The number of quaternary nitrogens is 2. The molecule has 0 aliphatic heterocycles. The van der Waals surface area contributed by atoms with Gasteiger partial charge >= 0.3 is 5.97 Å². The molecule has 0 heterocycles. The lowest BCUT2D eigenvalue weighted by Crippen LogP contribution is -3.00. The molecule has 0 aromatic heterocycles. The summed E-state index contributed by atoms with van der Waals surface area (Å²) in [5, 5.41) is 29.0. The molecule has 0 saturated heterocycles. The normalized spacial score (nSPS) is 31.6. The van der Waals surface area contributed by atoms with Crippen LogP contribution in [0.4, 0.5) is 0 Å². The van der Waals surface area contributed by atoms with Gasteiger partial charge in [0.2, 0.25) is 0 Å². The third-order valence-electron chi connectivity index (χ3n) is 46.8. The van der Waals surface area contributed by atoms with E-state index in [1.807, 2.05) is 6.92 Å². The van der Waals surface area contributed by atoms with E-state index in [0.717, 1.165) is 96.3 Å². The first-order valence-electron chi connectivity index (χ1n) is 65.4. The van der Waals surface area contributed by atoms with Crippen molar-refractivity contribution in [1.82, 2.24) is 0 Å². The third kappa shape index (κ3) is 45.4. The highest BCUT2D eigenvalue weighted by Gasteiger charge is 2.47. The topological polar surface area (TPSA) is 288 Å². The Morgan fingerprint density at radius 1 is 0.307 bits per heavy atom. The largest absolute Gasteiger partial charge is 1.00 e. The van der Waals surface area contributed by atoms with Crippen LogP contribution >= 0.6 is 34.8 Å². The van der Waals surface area contributed by atoms with Crippen molar-refractivity contribution in [1.29, 1.82) is 5.26 Å². The van der Waals surface area contributed by atoms with Gasteiger partial charge in [0.15, 0.2) is 0 Å². The molecule has 0 amide bonds. The zero-order chi connectivity index (χ0) is 103. The lowest BCUT2D eigenvalue weighted by Gasteiger charge is -2.45. The minimum Gasteiger partial charge on any atom is -1.00 e. The molecule has 0 radical (unpaired) electrons. The highest BCUT2D eigenvalue weighted by molar-refractivity contribution is 6.21. The molecule has 876 valence electrons. The summed E-state index contributed by atoms with van der Waals surface area (Å²) in [5.41, 5.74) is 15.5. The Hall–Kier alpha value is -0.820. The first kappa shape index (κ1) is 136. The molecule has 0 bridgehead atoms. The van der Waals surface area contributed by atoms with E-state index in [1.54, 1.807) is 6.92 Å². The van der Waals surface area contributed by atoms with Gasteiger partial charge in [-0.1, -0.05) is 225 Å². The summed E-state index contributed by atoms with van der Waals surface area (Å²) >= 11 is 18.6. The van der Waals surface area contributed by atoms with Crippen LogP contribution in [0.2, 0.25) is 0 Å². The second-order valence-electron chi connectivity index (χ2n) is 57.1. The Bertz CT molecular complexity index is 3450. The van der Waals surface area contributed by atoms with Crippen LogP contribution in [0.1, 0.15) is 682 Å². The molecule has 11 spiro atoms. The van der Waals surface area contributed by atoms with Crippen LogP contribution < -0.4 is 36.3 Å².